The van der Waals surface area contributed by atoms with Crippen LogP contribution in [0.2, 0.25) is 0 Å². The van der Waals surface area contributed by atoms with Crippen molar-refractivity contribution in [2.24, 2.45) is 0 Å². The molecule has 37 heavy (non-hydrogen) atoms. The zero-order chi connectivity index (χ0) is 26.7. The van der Waals surface area contributed by atoms with Gasteiger partial charge in [-0.3, -0.25) is 4.55 Å². The molecule has 0 aliphatic heterocycles. The summed E-state index contributed by atoms with van der Waals surface area (Å²) >= 11 is 0. The second kappa shape index (κ2) is 10.2. The molecule has 1 unspecified atom stereocenters. The molecular weight excluding hydrogens is 510 g/mol. The summed E-state index contributed by atoms with van der Waals surface area (Å²) in [6.07, 6.45) is 0. The minimum absolute atomic E-state index is 0.0188. The number of quaternary nitrogens is 1. The van der Waals surface area contributed by atoms with Crippen molar-refractivity contribution in [3.8, 4) is 0 Å². The van der Waals surface area contributed by atoms with Crippen LogP contribution < -0.4 is 0 Å². The van der Waals surface area contributed by atoms with Gasteiger partial charge in [-0.1, -0.05) is 109 Å². The van der Waals surface area contributed by atoms with Gasteiger partial charge in [0.25, 0.3) is 10.1 Å². The SMILES string of the molecule is CC[N+](Cc1ccccc1)(C(c1ccccc1)(c1ccccc1)c1ccccc1S(=O)(=O)O)S(=O)(=O)O. The highest BCUT2D eigenvalue weighted by Gasteiger charge is 2.62. The highest BCUT2D eigenvalue weighted by atomic mass is 32.2. The van der Waals surface area contributed by atoms with Gasteiger partial charge in [0, 0.05) is 22.3 Å². The number of benzene rings is 4. The molecule has 0 amide bonds. The average molecular weight is 539 g/mol. The first-order chi connectivity index (χ1) is 17.6. The van der Waals surface area contributed by atoms with Gasteiger partial charge < -0.3 is 0 Å². The van der Waals surface area contributed by atoms with Crippen molar-refractivity contribution in [3.05, 3.63) is 138 Å². The maximum atomic E-state index is 13.7. The van der Waals surface area contributed by atoms with Gasteiger partial charge in [-0.2, -0.15) is 12.3 Å². The molecule has 0 aliphatic carbocycles. The van der Waals surface area contributed by atoms with E-state index < -0.39 is 34.7 Å². The lowest BCUT2D eigenvalue weighted by atomic mass is 9.75. The van der Waals surface area contributed by atoms with E-state index in [9.17, 15) is 25.9 Å². The van der Waals surface area contributed by atoms with E-state index >= 15 is 0 Å². The molecule has 192 valence electrons. The minimum atomic E-state index is -4.98. The van der Waals surface area contributed by atoms with Crippen LogP contribution in [0.3, 0.4) is 0 Å². The van der Waals surface area contributed by atoms with Crippen molar-refractivity contribution in [2.75, 3.05) is 6.54 Å². The van der Waals surface area contributed by atoms with Crippen LogP contribution in [0, 0.1) is 0 Å². The fourth-order valence-corrected chi connectivity index (χ4v) is 7.32. The fourth-order valence-electron chi connectivity index (χ4n) is 5.28. The number of hydrogen-bond acceptors (Lipinski definition) is 4. The largest absolute Gasteiger partial charge is 0.434 e. The fraction of sp³-hybridized carbons (Fsp3) is 0.143. The Labute approximate surface area is 217 Å². The molecule has 7 nitrogen and oxygen atoms in total. The van der Waals surface area contributed by atoms with E-state index in [-0.39, 0.29) is 18.7 Å². The maximum absolute atomic E-state index is 13.7. The first-order valence-electron chi connectivity index (χ1n) is 11.6. The Balaban J connectivity index is 2.32. The summed E-state index contributed by atoms with van der Waals surface area (Å²) in [4.78, 5) is -0.449. The summed E-state index contributed by atoms with van der Waals surface area (Å²) in [6, 6.07) is 31.8. The van der Waals surface area contributed by atoms with Crippen LogP contribution in [0.1, 0.15) is 29.2 Å². The molecule has 0 fully saturated rings. The van der Waals surface area contributed by atoms with Crippen LogP contribution in [0.15, 0.2) is 120 Å². The maximum Gasteiger partial charge on any atom is 0.434 e. The second-order valence-corrected chi connectivity index (χ2v) is 11.7. The Morgan fingerprint density at radius 2 is 1.08 bits per heavy atom. The normalized spacial score (nSPS) is 14.1. The van der Waals surface area contributed by atoms with E-state index in [1.165, 1.54) is 18.2 Å². The van der Waals surface area contributed by atoms with Crippen molar-refractivity contribution in [1.82, 2.24) is 0 Å². The van der Waals surface area contributed by atoms with E-state index in [1.807, 2.05) is 0 Å². The predicted molar refractivity (Wildman–Crippen MR) is 142 cm³/mol. The number of rotatable bonds is 9. The Hall–Kier alpha value is -3.34. The van der Waals surface area contributed by atoms with Gasteiger partial charge in [0.2, 0.25) is 0 Å². The van der Waals surface area contributed by atoms with Crippen LogP contribution in [-0.4, -0.2) is 36.4 Å². The van der Waals surface area contributed by atoms with Crippen molar-refractivity contribution >= 4 is 20.4 Å². The quantitative estimate of drug-likeness (QED) is 0.175. The molecule has 0 saturated heterocycles. The summed E-state index contributed by atoms with van der Waals surface area (Å²) in [5, 5.41) is 0. The van der Waals surface area contributed by atoms with Gasteiger partial charge in [0.1, 0.15) is 11.4 Å². The molecule has 4 rings (SSSR count). The molecule has 0 radical (unpaired) electrons. The van der Waals surface area contributed by atoms with Gasteiger partial charge >= 0.3 is 10.3 Å². The zero-order valence-electron chi connectivity index (χ0n) is 20.2. The standard InChI is InChI=1S/C28H27NO6S2/c1-2-29(37(33,34)35,22-23-14-6-3-7-15-23)28(24-16-8-4-9-17-24,25-18-10-5-11-19-25)26-20-12-13-21-27(26)36(30,31)32/h3-21H,2,22H2,1H3,(H-,30,31,32,33,34,35)/p+1. The Morgan fingerprint density at radius 1 is 0.649 bits per heavy atom. The van der Waals surface area contributed by atoms with Crippen molar-refractivity contribution in [2.45, 2.75) is 23.9 Å². The van der Waals surface area contributed by atoms with E-state index in [4.69, 9.17) is 0 Å². The lowest BCUT2D eigenvalue weighted by molar-refractivity contribution is -0.872. The monoisotopic (exact) mass is 538 g/mol. The highest BCUT2D eigenvalue weighted by Crippen LogP contribution is 2.51. The number of nitrogens with zero attached hydrogens (tertiary/aromatic N) is 1. The molecule has 0 aliphatic rings. The van der Waals surface area contributed by atoms with Gasteiger partial charge in [0.05, 0.1) is 6.54 Å². The highest BCUT2D eigenvalue weighted by molar-refractivity contribution is 7.86. The van der Waals surface area contributed by atoms with Gasteiger partial charge in [-0.25, -0.2) is 4.55 Å². The second-order valence-electron chi connectivity index (χ2n) is 8.71. The zero-order valence-corrected chi connectivity index (χ0v) is 21.8. The van der Waals surface area contributed by atoms with Gasteiger partial charge in [0.15, 0.2) is 5.54 Å². The molecule has 0 saturated carbocycles. The molecule has 0 bridgehead atoms. The third-order valence-corrected chi connectivity index (χ3v) is 9.24. The topological polar surface area (TPSA) is 109 Å². The summed E-state index contributed by atoms with van der Waals surface area (Å²) in [5.74, 6) is 0. The van der Waals surface area contributed by atoms with Gasteiger partial charge in [-0.05, 0) is 13.0 Å². The van der Waals surface area contributed by atoms with Crippen LogP contribution in [0.4, 0.5) is 0 Å². The first kappa shape index (κ1) is 26.7. The summed E-state index contributed by atoms with van der Waals surface area (Å²) in [6.45, 7) is 1.30. The Kier molecular flexibility index (Phi) is 7.36. The summed E-state index contributed by atoms with van der Waals surface area (Å²) in [5.41, 5.74) is -0.333. The summed E-state index contributed by atoms with van der Waals surface area (Å²) in [7, 11) is -9.78. The van der Waals surface area contributed by atoms with Crippen LogP contribution in [0.25, 0.3) is 0 Å². The molecule has 0 aromatic heterocycles. The average Bonchev–Trinajstić information content (AvgIpc) is 2.89. The molecule has 9 heteroatoms. The van der Waals surface area contributed by atoms with Crippen LogP contribution in [-0.2, 0) is 32.5 Å². The molecule has 4 aromatic carbocycles. The van der Waals surface area contributed by atoms with E-state index in [0.29, 0.717) is 16.7 Å². The molecule has 4 aromatic rings. The summed E-state index contributed by atoms with van der Waals surface area (Å²) < 4.78 is 73.4. The van der Waals surface area contributed by atoms with Crippen LogP contribution in [0.5, 0.6) is 0 Å². The smallest absolute Gasteiger partial charge is 0.282 e. The van der Waals surface area contributed by atoms with Crippen molar-refractivity contribution in [1.29, 1.82) is 0 Å². The lowest BCUT2D eigenvalue weighted by Crippen LogP contribution is -2.65. The van der Waals surface area contributed by atoms with E-state index in [0.717, 1.165) is 0 Å². The third-order valence-electron chi connectivity index (χ3n) is 6.78. The number of hydrogen-bond donors (Lipinski definition) is 2. The van der Waals surface area contributed by atoms with E-state index in [2.05, 4.69) is 0 Å². The molecule has 1 atom stereocenters. The van der Waals surface area contributed by atoms with Gasteiger partial charge in [-0.15, -0.1) is 8.42 Å². The molecule has 2 N–H and O–H groups in total. The van der Waals surface area contributed by atoms with Crippen molar-refractivity contribution < 1.29 is 29.8 Å². The Morgan fingerprint density at radius 3 is 1.51 bits per heavy atom. The molecular formula is C28H28NO6S2+. The molecule has 0 spiro atoms. The first-order valence-corrected chi connectivity index (χ1v) is 14.5. The van der Waals surface area contributed by atoms with Crippen LogP contribution >= 0.6 is 0 Å². The third kappa shape index (κ3) is 4.60. The lowest BCUT2D eigenvalue weighted by Gasteiger charge is -2.50. The van der Waals surface area contributed by atoms with E-state index in [1.54, 1.807) is 104 Å². The van der Waals surface area contributed by atoms with Crippen molar-refractivity contribution in [3.63, 3.8) is 0 Å². The molecule has 0 heterocycles. The Bertz CT molecular complexity index is 1540. The minimum Gasteiger partial charge on any atom is -0.282 e. The predicted octanol–water partition coefficient (Wildman–Crippen LogP) is 5.06.